The highest BCUT2D eigenvalue weighted by atomic mass is 35.5. The van der Waals surface area contributed by atoms with Crippen LogP contribution in [-0.2, 0) is 6.54 Å². The molecule has 5 nitrogen and oxygen atoms in total. The van der Waals surface area contributed by atoms with Crippen LogP contribution in [0.2, 0.25) is 5.15 Å². The molecule has 2 heterocycles. The average molecular weight is 292 g/mol. The van der Waals surface area contributed by atoms with E-state index in [1.54, 1.807) is 16.6 Å². The lowest BCUT2D eigenvalue weighted by Gasteiger charge is -2.11. The van der Waals surface area contributed by atoms with Gasteiger partial charge in [0.1, 0.15) is 23.1 Å². The van der Waals surface area contributed by atoms with Crippen LogP contribution in [0.15, 0.2) is 30.6 Å². The number of rotatable bonds is 3. The second-order valence-electron chi connectivity index (χ2n) is 4.33. The molecule has 0 aliphatic carbocycles. The Labute approximate surface area is 119 Å². The standard InChI is InChI=1S/C13H11ClFN5/c1-8-11(14)19-13-17-7-18-20(13)12(8)16-6-9-2-4-10(15)5-3-9/h2-5,7,16H,6H2,1H3. The quantitative estimate of drug-likeness (QED) is 0.754. The van der Waals surface area contributed by atoms with Gasteiger partial charge >= 0.3 is 0 Å². The van der Waals surface area contributed by atoms with Gasteiger partial charge in [0.15, 0.2) is 0 Å². The predicted octanol–water partition coefficient (Wildman–Crippen LogP) is 2.84. The maximum atomic E-state index is 12.9. The molecule has 0 radical (unpaired) electrons. The third kappa shape index (κ3) is 2.30. The summed E-state index contributed by atoms with van der Waals surface area (Å²) in [5.41, 5.74) is 1.73. The molecule has 0 bridgehead atoms. The van der Waals surface area contributed by atoms with Gasteiger partial charge in [-0.2, -0.15) is 19.6 Å². The fraction of sp³-hybridized carbons (Fsp3) is 0.154. The summed E-state index contributed by atoms with van der Waals surface area (Å²) >= 11 is 6.07. The molecule has 3 aromatic rings. The lowest BCUT2D eigenvalue weighted by molar-refractivity contribution is 0.627. The van der Waals surface area contributed by atoms with Crippen molar-refractivity contribution in [3.05, 3.63) is 52.7 Å². The van der Waals surface area contributed by atoms with Crippen LogP contribution in [0.25, 0.3) is 5.78 Å². The molecular weight excluding hydrogens is 281 g/mol. The van der Waals surface area contributed by atoms with Crippen molar-refractivity contribution in [3.63, 3.8) is 0 Å². The van der Waals surface area contributed by atoms with Gasteiger partial charge in [-0.15, -0.1) is 0 Å². The Hall–Kier alpha value is -2.21. The summed E-state index contributed by atoms with van der Waals surface area (Å²) in [6.07, 6.45) is 1.42. The first-order chi connectivity index (χ1) is 9.65. The van der Waals surface area contributed by atoms with Crippen molar-refractivity contribution in [2.45, 2.75) is 13.5 Å². The van der Waals surface area contributed by atoms with Crippen molar-refractivity contribution in [1.29, 1.82) is 0 Å². The Morgan fingerprint density at radius 1 is 1.30 bits per heavy atom. The van der Waals surface area contributed by atoms with Gasteiger partial charge in [0.2, 0.25) is 0 Å². The molecule has 0 amide bonds. The number of halogens is 2. The Bertz CT molecular complexity index is 753. The van der Waals surface area contributed by atoms with Crippen LogP contribution in [0.3, 0.4) is 0 Å². The van der Waals surface area contributed by atoms with Gasteiger partial charge in [-0.25, -0.2) is 4.39 Å². The second kappa shape index (κ2) is 5.05. The van der Waals surface area contributed by atoms with Crippen molar-refractivity contribution in [2.75, 3.05) is 5.32 Å². The largest absolute Gasteiger partial charge is 0.366 e. The van der Waals surface area contributed by atoms with Gasteiger partial charge in [-0.1, -0.05) is 23.7 Å². The maximum absolute atomic E-state index is 12.9. The molecular formula is C13H11ClFN5. The number of aromatic nitrogens is 4. The smallest absolute Gasteiger partial charge is 0.255 e. The van der Waals surface area contributed by atoms with E-state index in [1.165, 1.54) is 18.5 Å². The topological polar surface area (TPSA) is 55.1 Å². The van der Waals surface area contributed by atoms with Crippen molar-refractivity contribution in [2.24, 2.45) is 0 Å². The Morgan fingerprint density at radius 3 is 2.80 bits per heavy atom. The Kier molecular flexibility index (Phi) is 3.23. The summed E-state index contributed by atoms with van der Waals surface area (Å²) < 4.78 is 14.5. The second-order valence-corrected chi connectivity index (χ2v) is 4.69. The zero-order valence-corrected chi connectivity index (χ0v) is 11.4. The van der Waals surface area contributed by atoms with E-state index in [2.05, 4.69) is 20.4 Å². The molecule has 0 fully saturated rings. The first kappa shape index (κ1) is 12.8. The monoisotopic (exact) mass is 291 g/mol. The molecule has 0 aliphatic heterocycles. The number of hydrogen-bond donors (Lipinski definition) is 1. The normalized spacial score (nSPS) is 10.9. The first-order valence-electron chi connectivity index (χ1n) is 5.99. The SMILES string of the molecule is Cc1c(Cl)nc2ncnn2c1NCc1ccc(F)cc1. The van der Waals surface area contributed by atoms with E-state index in [4.69, 9.17) is 11.6 Å². The Balaban J connectivity index is 1.92. The number of hydrogen-bond acceptors (Lipinski definition) is 4. The van der Waals surface area contributed by atoms with Crippen LogP contribution in [0.1, 0.15) is 11.1 Å². The summed E-state index contributed by atoms with van der Waals surface area (Å²) in [4.78, 5) is 8.14. The molecule has 0 saturated carbocycles. The van der Waals surface area contributed by atoms with Gasteiger partial charge in [0.25, 0.3) is 5.78 Å². The number of nitrogens with zero attached hydrogens (tertiary/aromatic N) is 4. The molecule has 0 aliphatic rings. The fourth-order valence-corrected chi connectivity index (χ4v) is 2.06. The Morgan fingerprint density at radius 2 is 2.05 bits per heavy atom. The summed E-state index contributed by atoms with van der Waals surface area (Å²) in [7, 11) is 0. The highest BCUT2D eigenvalue weighted by Crippen LogP contribution is 2.22. The van der Waals surface area contributed by atoms with Crippen molar-refractivity contribution < 1.29 is 4.39 Å². The molecule has 0 spiro atoms. The zero-order valence-electron chi connectivity index (χ0n) is 10.6. The van der Waals surface area contributed by atoms with E-state index in [0.717, 1.165) is 16.9 Å². The fourth-order valence-electron chi connectivity index (χ4n) is 1.89. The molecule has 20 heavy (non-hydrogen) atoms. The van der Waals surface area contributed by atoms with E-state index in [1.807, 2.05) is 6.92 Å². The highest BCUT2D eigenvalue weighted by molar-refractivity contribution is 6.30. The summed E-state index contributed by atoms with van der Waals surface area (Å²) in [6, 6.07) is 6.29. The van der Waals surface area contributed by atoms with Crippen molar-refractivity contribution in [1.82, 2.24) is 19.6 Å². The van der Waals surface area contributed by atoms with Crippen LogP contribution in [0.4, 0.5) is 10.2 Å². The summed E-state index contributed by atoms with van der Waals surface area (Å²) in [5.74, 6) is 0.902. The number of anilines is 1. The minimum absolute atomic E-state index is 0.254. The van der Waals surface area contributed by atoms with Crippen LogP contribution < -0.4 is 5.32 Å². The number of nitrogens with one attached hydrogen (secondary N) is 1. The van der Waals surface area contributed by atoms with E-state index in [-0.39, 0.29) is 5.82 Å². The average Bonchev–Trinajstić information content (AvgIpc) is 2.89. The van der Waals surface area contributed by atoms with Crippen LogP contribution in [0.5, 0.6) is 0 Å². The third-order valence-corrected chi connectivity index (χ3v) is 3.35. The lowest BCUT2D eigenvalue weighted by atomic mass is 10.2. The minimum Gasteiger partial charge on any atom is -0.366 e. The molecule has 0 atom stereocenters. The first-order valence-corrected chi connectivity index (χ1v) is 6.37. The maximum Gasteiger partial charge on any atom is 0.255 e. The molecule has 102 valence electrons. The van der Waals surface area contributed by atoms with E-state index in [9.17, 15) is 4.39 Å². The van der Waals surface area contributed by atoms with Gasteiger partial charge in [-0.3, -0.25) is 0 Å². The van der Waals surface area contributed by atoms with E-state index < -0.39 is 0 Å². The molecule has 0 saturated heterocycles. The molecule has 2 aromatic heterocycles. The minimum atomic E-state index is -0.254. The zero-order chi connectivity index (χ0) is 14.1. The third-order valence-electron chi connectivity index (χ3n) is 2.98. The molecule has 1 N–H and O–H groups in total. The van der Waals surface area contributed by atoms with E-state index >= 15 is 0 Å². The summed E-state index contributed by atoms with van der Waals surface area (Å²) in [6.45, 7) is 2.37. The van der Waals surface area contributed by atoms with Crippen LogP contribution in [0, 0.1) is 12.7 Å². The van der Waals surface area contributed by atoms with Crippen molar-refractivity contribution in [3.8, 4) is 0 Å². The summed E-state index contributed by atoms with van der Waals surface area (Å²) in [5, 5.41) is 7.72. The van der Waals surface area contributed by atoms with Crippen LogP contribution >= 0.6 is 11.6 Å². The molecule has 1 aromatic carbocycles. The molecule has 0 unspecified atom stereocenters. The van der Waals surface area contributed by atoms with Gasteiger partial charge in [0, 0.05) is 12.1 Å². The van der Waals surface area contributed by atoms with E-state index in [0.29, 0.717) is 17.5 Å². The lowest BCUT2D eigenvalue weighted by Crippen LogP contribution is -2.08. The van der Waals surface area contributed by atoms with Gasteiger partial charge in [-0.05, 0) is 24.6 Å². The predicted molar refractivity (Wildman–Crippen MR) is 74.3 cm³/mol. The van der Waals surface area contributed by atoms with Crippen molar-refractivity contribution >= 4 is 23.2 Å². The van der Waals surface area contributed by atoms with Crippen LogP contribution in [-0.4, -0.2) is 19.6 Å². The van der Waals surface area contributed by atoms with Gasteiger partial charge < -0.3 is 5.32 Å². The highest BCUT2D eigenvalue weighted by Gasteiger charge is 2.11. The molecule has 7 heteroatoms. The molecule has 3 rings (SSSR count). The van der Waals surface area contributed by atoms with Gasteiger partial charge in [0.05, 0.1) is 0 Å². The number of fused-ring (bicyclic) bond motifs is 1. The number of benzene rings is 1.